The summed E-state index contributed by atoms with van der Waals surface area (Å²) in [6.07, 6.45) is 1.49. The number of hydrogen-bond acceptors (Lipinski definition) is 5. The van der Waals surface area contributed by atoms with Gasteiger partial charge in [-0.05, 0) is 26.0 Å². The molecular weight excluding hydrogens is 306 g/mol. The van der Waals surface area contributed by atoms with Crippen molar-refractivity contribution in [3.8, 4) is 0 Å². The number of hydrogen-bond donors (Lipinski definition) is 1. The molecule has 0 aliphatic rings. The average molecular weight is 329 g/mol. The Bertz CT molecular complexity index is 715. The summed E-state index contributed by atoms with van der Waals surface area (Å²) in [7, 11) is 0. The van der Waals surface area contributed by atoms with E-state index >= 15 is 0 Å². The van der Waals surface area contributed by atoms with Gasteiger partial charge in [-0.25, -0.2) is 4.98 Å². The van der Waals surface area contributed by atoms with Gasteiger partial charge in [-0.1, -0.05) is 39.0 Å². The van der Waals surface area contributed by atoms with Crippen LogP contribution in [0.15, 0.2) is 40.9 Å². The molecule has 2 aromatic rings. The van der Waals surface area contributed by atoms with E-state index < -0.39 is 11.3 Å². The van der Waals surface area contributed by atoms with Gasteiger partial charge in [0.1, 0.15) is 0 Å². The number of imide groups is 1. The monoisotopic (exact) mass is 329 g/mol. The van der Waals surface area contributed by atoms with Crippen molar-refractivity contribution < 1.29 is 14.0 Å². The zero-order valence-corrected chi connectivity index (χ0v) is 14.7. The number of carbonyl (C=O) groups is 2. The number of aromatic nitrogens is 1. The summed E-state index contributed by atoms with van der Waals surface area (Å²) in [6.45, 7) is 9.21. The first-order valence-electron chi connectivity index (χ1n) is 7.86. The lowest BCUT2D eigenvalue weighted by Gasteiger charge is -2.25. The molecule has 0 atom stereocenters. The second-order valence-corrected chi connectivity index (χ2v) is 6.84. The number of amides is 2. The van der Waals surface area contributed by atoms with Gasteiger partial charge in [-0.2, -0.15) is 0 Å². The summed E-state index contributed by atoms with van der Waals surface area (Å²) in [5, 5.41) is 2.30. The van der Waals surface area contributed by atoms with Crippen LogP contribution in [0.1, 0.15) is 45.3 Å². The normalized spacial score (nSPS) is 11.4. The van der Waals surface area contributed by atoms with Gasteiger partial charge in [0.05, 0.1) is 6.20 Å². The smallest absolute Gasteiger partial charge is 0.313 e. The largest absolute Gasteiger partial charge is 0.416 e. The molecule has 1 heterocycles. The van der Waals surface area contributed by atoms with E-state index in [4.69, 9.17) is 4.42 Å². The molecule has 2 rings (SSSR count). The third kappa shape index (κ3) is 4.01. The van der Waals surface area contributed by atoms with Crippen molar-refractivity contribution >= 4 is 23.4 Å². The lowest BCUT2D eigenvalue weighted by Crippen LogP contribution is -2.39. The molecule has 0 fully saturated rings. The molecule has 6 heteroatoms. The highest BCUT2D eigenvalue weighted by molar-refractivity contribution is 6.03. The summed E-state index contributed by atoms with van der Waals surface area (Å²) in [5.74, 6) is -0.706. The summed E-state index contributed by atoms with van der Waals surface area (Å²) < 4.78 is 5.59. The van der Waals surface area contributed by atoms with Crippen LogP contribution in [0.2, 0.25) is 0 Å². The molecule has 2 amide bonds. The lowest BCUT2D eigenvalue weighted by molar-refractivity contribution is -0.127. The number of rotatable bonds is 4. The number of nitrogens with one attached hydrogen (secondary N) is 1. The van der Waals surface area contributed by atoms with Crippen molar-refractivity contribution in [3.63, 3.8) is 0 Å². The molecule has 1 N–H and O–H groups in total. The fourth-order valence-electron chi connectivity index (χ4n) is 2.09. The fraction of sp³-hybridized carbons (Fsp3) is 0.389. The van der Waals surface area contributed by atoms with E-state index in [0.717, 1.165) is 5.69 Å². The van der Waals surface area contributed by atoms with Gasteiger partial charge < -0.3 is 9.32 Å². The molecule has 0 bridgehead atoms. The first kappa shape index (κ1) is 17.7. The Labute approximate surface area is 141 Å². The molecule has 0 unspecified atom stereocenters. The van der Waals surface area contributed by atoms with Crippen LogP contribution in [-0.2, 0) is 4.79 Å². The predicted octanol–water partition coefficient (Wildman–Crippen LogP) is 3.52. The Morgan fingerprint density at radius 3 is 2.33 bits per heavy atom. The Balaban J connectivity index is 2.22. The number of anilines is 2. The maximum atomic E-state index is 12.1. The number of carbonyl (C=O) groups excluding carboxylic acids is 2. The highest BCUT2D eigenvalue weighted by Crippen LogP contribution is 2.28. The zero-order valence-electron chi connectivity index (χ0n) is 14.7. The second-order valence-electron chi connectivity index (χ2n) is 6.84. The highest BCUT2D eigenvalue weighted by Gasteiger charge is 2.26. The van der Waals surface area contributed by atoms with E-state index in [1.807, 2.05) is 49.1 Å². The van der Waals surface area contributed by atoms with Crippen LogP contribution >= 0.6 is 0 Å². The number of para-hydroxylation sites is 1. The van der Waals surface area contributed by atoms with Gasteiger partial charge in [0, 0.05) is 17.1 Å². The van der Waals surface area contributed by atoms with Crippen molar-refractivity contribution in [3.05, 3.63) is 42.4 Å². The van der Waals surface area contributed by atoms with E-state index in [-0.39, 0.29) is 17.8 Å². The third-order valence-corrected chi connectivity index (χ3v) is 3.38. The maximum absolute atomic E-state index is 12.1. The molecule has 0 radical (unpaired) electrons. The number of oxazole rings is 1. The molecule has 0 aliphatic carbocycles. The zero-order chi connectivity index (χ0) is 17.9. The maximum Gasteiger partial charge on any atom is 0.313 e. The second kappa shape index (κ2) is 6.86. The molecule has 0 saturated heterocycles. The van der Waals surface area contributed by atoms with Crippen LogP contribution in [0.3, 0.4) is 0 Å². The molecule has 0 aliphatic heterocycles. The molecule has 1 aromatic carbocycles. The van der Waals surface area contributed by atoms with Gasteiger partial charge >= 0.3 is 5.91 Å². The fourth-order valence-corrected chi connectivity index (χ4v) is 2.09. The van der Waals surface area contributed by atoms with E-state index in [0.29, 0.717) is 5.88 Å². The quantitative estimate of drug-likeness (QED) is 0.929. The molecule has 6 nitrogen and oxygen atoms in total. The van der Waals surface area contributed by atoms with Gasteiger partial charge in [-0.3, -0.25) is 14.9 Å². The molecule has 24 heavy (non-hydrogen) atoms. The minimum absolute atomic E-state index is 0.104. The van der Waals surface area contributed by atoms with E-state index in [1.54, 1.807) is 20.8 Å². The van der Waals surface area contributed by atoms with Crippen LogP contribution < -0.4 is 10.2 Å². The van der Waals surface area contributed by atoms with E-state index in [2.05, 4.69) is 10.3 Å². The van der Waals surface area contributed by atoms with Crippen LogP contribution in [0, 0.1) is 5.41 Å². The highest BCUT2D eigenvalue weighted by atomic mass is 16.4. The Morgan fingerprint density at radius 1 is 1.17 bits per heavy atom. The minimum atomic E-state index is -0.668. The minimum Gasteiger partial charge on any atom is -0.416 e. The Kier molecular flexibility index (Phi) is 5.07. The topological polar surface area (TPSA) is 75.4 Å². The summed E-state index contributed by atoms with van der Waals surface area (Å²) >= 11 is 0. The van der Waals surface area contributed by atoms with Crippen molar-refractivity contribution in [1.82, 2.24) is 10.3 Å². The van der Waals surface area contributed by atoms with Crippen molar-refractivity contribution in [2.24, 2.45) is 5.41 Å². The van der Waals surface area contributed by atoms with Crippen LogP contribution in [0.25, 0.3) is 0 Å². The van der Waals surface area contributed by atoms with Crippen molar-refractivity contribution in [1.29, 1.82) is 0 Å². The van der Waals surface area contributed by atoms with Gasteiger partial charge in [0.15, 0.2) is 0 Å². The summed E-state index contributed by atoms with van der Waals surface area (Å²) in [4.78, 5) is 30.0. The molecule has 1 aromatic heterocycles. The first-order chi connectivity index (χ1) is 11.2. The summed E-state index contributed by atoms with van der Waals surface area (Å²) in [5.41, 5.74) is 0.264. The third-order valence-electron chi connectivity index (χ3n) is 3.38. The van der Waals surface area contributed by atoms with Crippen LogP contribution in [0.4, 0.5) is 11.6 Å². The van der Waals surface area contributed by atoms with Crippen LogP contribution in [0.5, 0.6) is 0 Å². The molecule has 128 valence electrons. The van der Waals surface area contributed by atoms with Crippen molar-refractivity contribution in [2.75, 3.05) is 4.90 Å². The first-order valence-corrected chi connectivity index (χ1v) is 7.86. The van der Waals surface area contributed by atoms with Crippen LogP contribution in [-0.4, -0.2) is 22.8 Å². The SMILES string of the molecule is CC(C)N(c1ccccc1)c1cnc(C(=O)NC(=O)C(C)(C)C)o1. The van der Waals surface area contributed by atoms with E-state index in [1.165, 1.54) is 6.20 Å². The Hall–Kier alpha value is -2.63. The number of nitrogens with zero attached hydrogens (tertiary/aromatic N) is 2. The predicted molar refractivity (Wildman–Crippen MR) is 92.1 cm³/mol. The van der Waals surface area contributed by atoms with E-state index in [9.17, 15) is 9.59 Å². The van der Waals surface area contributed by atoms with Crippen molar-refractivity contribution in [2.45, 2.75) is 40.7 Å². The molecular formula is C18H23N3O3. The molecule has 0 spiro atoms. The van der Waals surface area contributed by atoms with Gasteiger partial charge in [0.2, 0.25) is 11.8 Å². The summed E-state index contributed by atoms with van der Waals surface area (Å²) in [6, 6.07) is 9.79. The van der Waals surface area contributed by atoms with Gasteiger partial charge in [0.25, 0.3) is 5.89 Å². The number of benzene rings is 1. The molecule has 0 saturated carbocycles. The average Bonchev–Trinajstić information content (AvgIpc) is 2.96. The Morgan fingerprint density at radius 2 is 1.79 bits per heavy atom. The standard InChI is InChI=1S/C18H23N3O3/c1-12(2)21(13-9-7-6-8-10-13)14-11-19-16(24-14)15(22)20-17(23)18(3,4)5/h6-12H,1-5H3,(H,20,22,23). The van der Waals surface area contributed by atoms with Gasteiger partial charge in [-0.15, -0.1) is 0 Å². The lowest BCUT2D eigenvalue weighted by atomic mass is 9.96.